The van der Waals surface area contributed by atoms with E-state index in [4.69, 9.17) is 32.7 Å². The van der Waals surface area contributed by atoms with Crippen LogP contribution in [0, 0.1) is 6.92 Å². The summed E-state index contributed by atoms with van der Waals surface area (Å²) in [5.41, 5.74) is 2.91. The molecule has 1 aromatic heterocycles. The fraction of sp³-hybridized carbons (Fsp3) is 0.440. The average Bonchev–Trinajstić information content (AvgIpc) is 3.20. The molecule has 10 heteroatoms. The van der Waals surface area contributed by atoms with Gasteiger partial charge in [0.1, 0.15) is 36.9 Å². The number of benzene rings is 2. The zero-order chi connectivity index (χ0) is 25.6. The zero-order valence-corrected chi connectivity index (χ0v) is 21.5. The van der Waals surface area contributed by atoms with E-state index in [1.807, 2.05) is 36.4 Å². The van der Waals surface area contributed by atoms with E-state index in [-0.39, 0.29) is 37.7 Å². The first-order valence-electron chi connectivity index (χ1n) is 11.2. The summed E-state index contributed by atoms with van der Waals surface area (Å²) < 4.78 is 12.8. The van der Waals surface area contributed by atoms with Gasteiger partial charge in [-0.05, 0) is 42.3 Å². The molecule has 0 saturated heterocycles. The molecule has 190 valence electrons. The molecule has 1 heterocycles. The molecule has 0 radical (unpaired) electrons. The summed E-state index contributed by atoms with van der Waals surface area (Å²) in [5, 5.41) is 37.6. The van der Waals surface area contributed by atoms with E-state index in [0.29, 0.717) is 27.9 Å². The molecule has 2 aromatic carbocycles. The largest absolute Gasteiger partial charge is 0.491 e. The SMILES string of the molecule is Cc1nnn(C[C@H](O)COc2ccc(C(C)(C)c3ccc(OC[C@H](O)CCl)c(Cl)c3)cc2)c1CO. The Labute approximate surface area is 215 Å². The van der Waals surface area contributed by atoms with Crippen molar-refractivity contribution in [2.45, 2.75) is 51.5 Å². The monoisotopic (exact) mass is 523 g/mol. The van der Waals surface area contributed by atoms with Gasteiger partial charge in [0.25, 0.3) is 0 Å². The van der Waals surface area contributed by atoms with Gasteiger partial charge >= 0.3 is 0 Å². The maximum absolute atomic E-state index is 10.3. The lowest BCUT2D eigenvalue weighted by molar-refractivity contribution is 0.0866. The van der Waals surface area contributed by atoms with Crippen molar-refractivity contribution in [3.8, 4) is 11.5 Å². The Morgan fingerprint density at radius 3 is 2.29 bits per heavy atom. The molecular weight excluding hydrogens is 493 g/mol. The molecule has 0 bridgehead atoms. The van der Waals surface area contributed by atoms with Crippen LogP contribution in [0.2, 0.25) is 5.02 Å². The van der Waals surface area contributed by atoms with Crippen LogP contribution in [-0.4, -0.2) is 61.6 Å². The highest BCUT2D eigenvalue weighted by molar-refractivity contribution is 6.32. The summed E-state index contributed by atoms with van der Waals surface area (Å²) in [6, 6.07) is 13.3. The molecule has 0 aliphatic heterocycles. The van der Waals surface area contributed by atoms with E-state index in [1.165, 1.54) is 4.68 Å². The van der Waals surface area contributed by atoms with E-state index in [0.717, 1.165) is 11.1 Å². The van der Waals surface area contributed by atoms with E-state index in [2.05, 4.69) is 24.2 Å². The van der Waals surface area contributed by atoms with Crippen molar-refractivity contribution in [1.82, 2.24) is 15.0 Å². The summed E-state index contributed by atoms with van der Waals surface area (Å²) in [6.07, 6.45) is -1.57. The quantitative estimate of drug-likeness (QED) is 0.311. The second kappa shape index (κ2) is 12.1. The Bertz CT molecular complexity index is 1100. The summed E-state index contributed by atoms with van der Waals surface area (Å²) in [4.78, 5) is 0. The van der Waals surface area contributed by atoms with Gasteiger partial charge in [-0.15, -0.1) is 16.7 Å². The molecule has 2 atom stereocenters. The third-order valence-electron chi connectivity index (χ3n) is 5.85. The van der Waals surface area contributed by atoms with Gasteiger partial charge in [0.2, 0.25) is 0 Å². The van der Waals surface area contributed by atoms with Crippen molar-refractivity contribution < 1.29 is 24.8 Å². The van der Waals surface area contributed by atoms with Gasteiger partial charge in [-0.25, -0.2) is 4.68 Å². The van der Waals surface area contributed by atoms with Crippen molar-refractivity contribution in [2.75, 3.05) is 19.1 Å². The highest BCUT2D eigenvalue weighted by Gasteiger charge is 2.24. The lowest BCUT2D eigenvalue weighted by Gasteiger charge is -2.27. The van der Waals surface area contributed by atoms with Gasteiger partial charge < -0.3 is 24.8 Å². The van der Waals surface area contributed by atoms with E-state index in [9.17, 15) is 15.3 Å². The van der Waals surface area contributed by atoms with Crippen LogP contribution >= 0.6 is 23.2 Å². The summed E-state index contributed by atoms with van der Waals surface area (Å²) in [5.74, 6) is 1.21. The van der Waals surface area contributed by atoms with Crippen LogP contribution in [0.25, 0.3) is 0 Å². The van der Waals surface area contributed by atoms with Gasteiger partial charge in [-0.2, -0.15) is 0 Å². The molecule has 0 spiro atoms. The number of nitrogens with zero attached hydrogens (tertiary/aromatic N) is 3. The lowest BCUT2D eigenvalue weighted by Crippen LogP contribution is -2.25. The number of hydrogen-bond donors (Lipinski definition) is 3. The molecule has 3 rings (SSSR count). The predicted octanol–water partition coefficient (Wildman–Crippen LogP) is 3.48. The van der Waals surface area contributed by atoms with Gasteiger partial charge in [0.15, 0.2) is 0 Å². The minimum absolute atomic E-state index is 0.0714. The number of halogens is 2. The van der Waals surface area contributed by atoms with Gasteiger partial charge in [0, 0.05) is 5.41 Å². The molecule has 0 unspecified atom stereocenters. The fourth-order valence-corrected chi connectivity index (χ4v) is 3.90. The van der Waals surface area contributed by atoms with Crippen molar-refractivity contribution >= 4 is 23.2 Å². The number of hydrogen-bond acceptors (Lipinski definition) is 7. The topological polar surface area (TPSA) is 110 Å². The lowest BCUT2D eigenvalue weighted by atomic mass is 9.78. The van der Waals surface area contributed by atoms with Crippen molar-refractivity contribution in [1.29, 1.82) is 0 Å². The smallest absolute Gasteiger partial charge is 0.138 e. The Kier molecular flexibility index (Phi) is 9.38. The van der Waals surface area contributed by atoms with Crippen LogP contribution in [-0.2, 0) is 18.6 Å². The molecule has 0 amide bonds. The first-order chi connectivity index (χ1) is 16.6. The third kappa shape index (κ3) is 6.86. The summed E-state index contributed by atoms with van der Waals surface area (Å²) in [7, 11) is 0. The Hall–Kier alpha value is -2.36. The van der Waals surface area contributed by atoms with Crippen molar-refractivity contribution in [3.05, 3.63) is 70.0 Å². The molecule has 8 nitrogen and oxygen atoms in total. The van der Waals surface area contributed by atoms with Crippen LogP contribution in [0.1, 0.15) is 36.4 Å². The molecule has 0 aliphatic carbocycles. The molecule has 0 aliphatic rings. The number of ether oxygens (including phenoxy) is 2. The number of aryl methyl sites for hydroxylation is 1. The first kappa shape index (κ1) is 27.2. The van der Waals surface area contributed by atoms with Crippen LogP contribution in [0.3, 0.4) is 0 Å². The minimum Gasteiger partial charge on any atom is -0.491 e. The molecule has 3 N–H and O–H groups in total. The maximum atomic E-state index is 10.3. The minimum atomic E-state index is -0.814. The normalized spacial score (nSPS) is 13.5. The maximum Gasteiger partial charge on any atom is 0.138 e. The number of aliphatic hydroxyl groups is 3. The van der Waals surface area contributed by atoms with E-state index >= 15 is 0 Å². The first-order valence-corrected chi connectivity index (χ1v) is 12.1. The third-order valence-corrected chi connectivity index (χ3v) is 6.50. The molecule has 35 heavy (non-hydrogen) atoms. The summed E-state index contributed by atoms with van der Waals surface area (Å²) >= 11 is 12.0. The van der Waals surface area contributed by atoms with Crippen LogP contribution < -0.4 is 9.47 Å². The Morgan fingerprint density at radius 2 is 1.66 bits per heavy atom. The van der Waals surface area contributed by atoms with Crippen LogP contribution in [0.15, 0.2) is 42.5 Å². The Balaban J connectivity index is 1.61. The molecule has 3 aromatic rings. The van der Waals surface area contributed by atoms with Crippen molar-refractivity contribution in [2.24, 2.45) is 0 Å². The number of alkyl halides is 1. The van der Waals surface area contributed by atoms with Crippen LogP contribution in [0.4, 0.5) is 0 Å². The number of aliphatic hydroxyl groups excluding tert-OH is 3. The van der Waals surface area contributed by atoms with Gasteiger partial charge in [-0.1, -0.05) is 48.9 Å². The zero-order valence-electron chi connectivity index (χ0n) is 20.0. The Morgan fingerprint density at radius 1 is 1.00 bits per heavy atom. The van der Waals surface area contributed by atoms with Gasteiger partial charge in [-0.3, -0.25) is 0 Å². The predicted molar refractivity (Wildman–Crippen MR) is 134 cm³/mol. The van der Waals surface area contributed by atoms with E-state index < -0.39 is 12.2 Å². The molecule has 0 saturated carbocycles. The number of aromatic nitrogens is 3. The van der Waals surface area contributed by atoms with Crippen molar-refractivity contribution in [3.63, 3.8) is 0 Å². The molecular formula is C25H31Cl2N3O5. The molecule has 0 fully saturated rings. The second-order valence-corrected chi connectivity index (χ2v) is 9.56. The van der Waals surface area contributed by atoms with Gasteiger partial charge in [0.05, 0.1) is 35.4 Å². The average molecular weight is 524 g/mol. The number of rotatable bonds is 12. The highest BCUT2D eigenvalue weighted by atomic mass is 35.5. The summed E-state index contributed by atoms with van der Waals surface area (Å²) in [6.45, 7) is 6.06. The standard InChI is InChI=1S/C25H31Cl2N3O5/c1-16-23(13-31)30(29-28-16)12-20(33)15-34-21-7-4-17(5-8-21)25(2,3)18-6-9-24(22(27)10-18)35-14-19(32)11-26/h4-10,19-20,31-33H,11-15H2,1-3H3/t19-,20+/m1/s1. The van der Waals surface area contributed by atoms with Crippen LogP contribution in [0.5, 0.6) is 11.5 Å². The highest BCUT2D eigenvalue weighted by Crippen LogP contribution is 2.36. The fourth-order valence-electron chi connectivity index (χ4n) is 3.58. The van der Waals surface area contributed by atoms with E-state index in [1.54, 1.807) is 13.0 Å². The second-order valence-electron chi connectivity index (χ2n) is 8.84.